The predicted molar refractivity (Wildman–Crippen MR) is 90.4 cm³/mol. The third-order valence-corrected chi connectivity index (χ3v) is 3.58. The highest BCUT2D eigenvalue weighted by molar-refractivity contribution is 5.85. The third kappa shape index (κ3) is 2.48. The summed E-state index contributed by atoms with van der Waals surface area (Å²) in [6.45, 7) is 0. The topological polar surface area (TPSA) is 77.6 Å². The summed E-state index contributed by atoms with van der Waals surface area (Å²) < 4.78 is 0. The van der Waals surface area contributed by atoms with Gasteiger partial charge in [0.25, 0.3) is 0 Å². The highest BCUT2D eigenvalue weighted by Crippen LogP contribution is 2.30. The molecule has 0 fully saturated rings. The average molecular weight is 299 g/mol. The Labute approximate surface area is 132 Å². The van der Waals surface area contributed by atoms with E-state index < -0.39 is 0 Å². The zero-order chi connectivity index (χ0) is 15.6. The summed E-state index contributed by atoms with van der Waals surface area (Å²) in [4.78, 5) is 17.6. The van der Waals surface area contributed by atoms with E-state index in [2.05, 4.69) is 19.9 Å². The molecule has 2 aromatic heterocycles. The van der Waals surface area contributed by atoms with E-state index in [1.54, 1.807) is 18.6 Å². The summed E-state index contributed by atoms with van der Waals surface area (Å²) in [5.41, 5.74) is 10.9. The molecule has 5 heteroatoms. The lowest BCUT2D eigenvalue weighted by molar-refractivity contribution is 1.22. The standard InChI is InChI=1S/C18H13N5/c19-16-11-22-17(18(23-16)12-4-2-1-3-5-12)13-6-7-14-15(10-13)21-9-8-20-14/h1-11H,(H2,19,23). The van der Waals surface area contributed by atoms with Crippen LogP contribution in [-0.2, 0) is 0 Å². The summed E-state index contributed by atoms with van der Waals surface area (Å²) >= 11 is 0. The highest BCUT2D eigenvalue weighted by Gasteiger charge is 2.12. The number of hydrogen-bond acceptors (Lipinski definition) is 5. The van der Waals surface area contributed by atoms with Crippen LogP contribution in [0.15, 0.2) is 67.1 Å². The first-order valence-corrected chi connectivity index (χ1v) is 7.20. The van der Waals surface area contributed by atoms with Gasteiger partial charge in [0.05, 0.1) is 28.6 Å². The molecule has 0 radical (unpaired) electrons. The Balaban J connectivity index is 1.94. The SMILES string of the molecule is Nc1cnc(-c2ccc3nccnc3c2)c(-c2ccccc2)n1. The van der Waals surface area contributed by atoms with Gasteiger partial charge < -0.3 is 5.73 Å². The smallest absolute Gasteiger partial charge is 0.142 e. The molecule has 0 saturated carbocycles. The zero-order valence-electron chi connectivity index (χ0n) is 12.2. The monoisotopic (exact) mass is 299 g/mol. The molecular formula is C18H13N5. The van der Waals surface area contributed by atoms with Gasteiger partial charge in [-0.1, -0.05) is 36.4 Å². The Morgan fingerprint density at radius 1 is 0.696 bits per heavy atom. The van der Waals surface area contributed by atoms with Crippen LogP contribution in [0.25, 0.3) is 33.5 Å². The van der Waals surface area contributed by atoms with E-state index in [4.69, 9.17) is 5.73 Å². The number of nitrogens with two attached hydrogens (primary N) is 1. The summed E-state index contributed by atoms with van der Waals surface area (Å²) in [7, 11) is 0. The number of hydrogen-bond donors (Lipinski definition) is 1. The Bertz CT molecular complexity index is 983. The molecule has 2 N–H and O–H groups in total. The Kier molecular flexibility index (Phi) is 3.16. The molecule has 4 aromatic rings. The van der Waals surface area contributed by atoms with E-state index in [1.165, 1.54) is 0 Å². The molecule has 0 aliphatic carbocycles. The van der Waals surface area contributed by atoms with E-state index in [0.717, 1.165) is 33.5 Å². The number of nitrogens with zero attached hydrogens (tertiary/aromatic N) is 4. The molecule has 2 aromatic carbocycles. The maximum absolute atomic E-state index is 5.84. The molecule has 0 saturated heterocycles. The summed E-state index contributed by atoms with van der Waals surface area (Å²) in [5, 5.41) is 0. The van der Waals surface area contributed by atoms with Crippen LogP contribution >= 0.6 is 0 Å². The molecule has 0 atom stereocenters. The average Bonchev–Trinajstić information content (AvgIpc) is 2.62. The molecular weight excluding hydrogens is 286 g/mol. The van der Waals surface area contributed by atoms with Crippen molar-refractivity contribution in [2.24, 2.45) is 0 Å². The van der Waals surface area contributed by atoms with Crippen molar-refractivity contribution in [1.82, 2.24) is 19.9 Å². The van der Waals surface area contributed by atoms with Gasteiger partial charge in [-0.3, -0.25) is 15.0 Å². The van der Waals surface area contributed by atoms with Crippen LogP contribution in [0, 0.1) is 0 Å². The second kappa shape index (κ2) is 5.46. The molecule has 0 amide bonds. The lowest BCUT2D eigenvalue weighted by Crippen LogP contribution is -1.98. The quantitative estimate of drug-likeness (QED) is 0.614. The fourth-order valence-electron chi connectivity index (χ4n) is 2.52. The summed E-state index contributed by atoms with van der Waals surface area (Å²) in [6.07, 6.45) is 4.93. The largest absolute Gasteiger partial charge is 0.382 e. The van der Waals surface area contributed by atoms with Crippen molar-refractivity contribution in [2.75, 3.05) is 5.73 Å². The van der Waals surface area contributed by atoms with Gasteiger partial charge in [0.2, 0.25) is 0 Å². The normalized spacial score (nSPS) is 10.8. The molecule has 110 valence electrons. The number of anilines is 1. The lowest BCUT2D eigenvalue weighted by atomic mass is 10.0. The predicted octanol–water partition coefficient (Wildman–Crippen LogP) is 3.34. The van der Waals surface area contributed by atoms with Crippen LogP contribution in [0.3, 0.4) is 0 Å². The van der Waals surface area contributed by atoms with Gasteiger partial charge in [0.15, 0.2) is 0 Å². The zero-order valence-corrected chi connectivity index (χ0v) is 12.2. The number of benzene rings is 2. The van der Waals surface area contributed by atoms with Crippen LogP contribution in [0.1, 0.15) is 0 Å². The maximum Gasteiger partial charge on any atom is 0.142 e. The number of fused-ring (bicyclic) bond motifs is 1. The van der Waals surface area contributed by atoms with Crippen LogP contribution in [-0.4, -0.2) is 19.9 Å². The first kappa shape index (κ1) is 13.3. The summed E-state index contributed by atoms with van der Waals surface area (Å²) in [5.74, 6) is 0.396. The van der Waals surface area contributed by atoms with Crippen LogP contribution in [0.5, 0.6) is 0 Å². The first-order chi connectivity index (χ1) is 11.3. The molecule has 0 unspecified atom stereocenters. The van der Waals surface area contributed by atoms with Crippen molar-refractivity contribution in [2.45, 2.75) is 0 Å². The number of aromatic nitrogens is 4. The second-order valence-electron chi connectivity index (χ2n) is 5.12. The van der Waals surface area contributed by atoms with Gasteiger partial charge in [-0.25, -0.2) is 4.98 Å². The minimum absolute atomic E-state index is 0.396. The summed E-state index contributed by atoms with van der Waals surface area (Å²) in [6, 6.07) is 15.8. The van der Waals surface area contributed by atoms with Crippen LogP contribution in [0.2, 0.25) is 0 Å². The van der Waals surface area contributed by atoms with E-state index in [9.17, 15) is 0 Å². The van der Waals surface area contributed by atoms with Crippen molar-refractivity contribution < 1.29 is 0 Å². The van der Waals surface area contributed by atoms with Crippen molar-refractivity contribution in [3.8, 4) is 22.5 Å². The fourth-order valence-corrected chi connectivity index (χ4v) is 2.52. The highest BCUT2D eigenvalue weighted by atomic mass is 14.9. The van der Waals surface area contributed by atoms with Crippen molar-refractivity contribution in [1.29, 1.82) is 0 Å². The Hall–Kier alpha value is -3.34. The first-order valence-electron chi connectivity index (χ1n) is 7.20. The molecule has 5 nitrogen and oxygen atoms in total. The van der Waals surface area contributed by atoms with E-state index in [1.807, 2.05) is 48.5 Å². The minimum Gasteiger partial charge on any atom is -0.382 e. The lowest BCUT2D eigenvalue weighted by Gasteiger charge is -2.09. The van der Waals surface area contributed by atoms with Gasteiger partial charge in [-0.15, -0.1) is 0 Å². The molecule has 4 rings (SSSR count). The minimum atomic E-state index is 0.396. The van der Waals surface area contributed by atoms with Crippen molar-refractivity contribution >= 4 is 16.9 Å². The van der Waals surface area contributed by atoms with Crippen molar-refractivity contribution in [3.63, 3.8) is 0 Å². The third-order valence-electron chi connectivity index (χ3n) is 3.58. The van der Waals surface area contributed by atoms with Crippen LogP contribution in [0.4, 0.5) is 5.82 Å². The van der Waals surface area contributed by atoms with Gasteiger partial charge in [0.1, 0.15) is 5.82 Å². The second-order valence-corrected chi connectivity index (χ2v) is 5.12. The van der Waals surface area contributed by atoms with Gasteiger partial charge in [-0.2, -0.15) is 0 Å². The molecule has 0 spiro atoms. The van der Waals surface area contributed by atoms with Gasteiger partial charge in [0, 0.05) is 23.5 Å². The Morgan fingerprint density at radius 2 is 1.48 bits per heavy atom. The van der Waals surface area contributed by atoms with Gasteiger partial charge in [-0.05, 0) is 12.1 Å². The molecule has 0 bridgehead atoms. The molecule has 0 aliphatic heterocycles. The van der Waals surface area contributed by atoms with Gasteiger partial charge >= 0.3 is 0 Å². The fraction of sp³-hybridized carbons (Fsp3) is 0. The number of nitrogen functional groups attached to an aromatic ring is 1. The van der Waals surface area contributed by atoms with E-state index >= 15 is 0 Å². The van der Waals surface area contributed by atoms with Crippen molar-refractivity contribution in [3.05, 3.63) is 67.1 Å². The maximum atomic E-state index is 5.84. The van der Waals surface area contributed by atoms with E-state index in [-0.39, 0.29) is 0 Å². The number of rotatable bonds is 2. The van der Waals surface area contributed by atoms with E-state index in [0.29, 0.717) is 5.82 Å². The molecule has 23 heavy (non-hydrogen) atoms. The molecule has 0 aliphatic rings. The van der Waals surface area contributed by atoms with Crippen LogP contribution < -0.4 is 5.73 Å². The molecule has 2 heterocycles. The Morgan fingerprint density at radius 3 is 2.30 bits per heavy atom.